The third-order valence-corrected chi connectivity index (χ3v) is 3.72. The second-order valence-corrected chi connectivity index (χ2v) is 6.69. The number of alkyl carbamates (subject to hydrolysis) is 1. The van der Waals surface area contributed by atoms with Crippen molar-refractivity contribution in [1.29, 1.82) is 0 Å². The highest BCUT2D eigenvalue weighted by molar-refractivity contribution is 5.88. The van der Waals surface area contributed by atoms with Gasteiger partial charge in [-0.05, 0) is 63.3 Å². The second kappa shape index (κ2) is 6.38. The SMILES string of the molecule is CC(C)(C)OC(=O)NC[C@@H]1CCCc2ccc(C(=O)O)cc21. The van der Waals surface area contributed by atoms with Crippen LogP contribution in [0.5, 0.6) is 0 Å². The van der Waals surface area contributed by atoms with Gasteiger partial charge in [-0.15, -0.1) is 0 Å². The summed E-state index contributed by atoms with van der Waals surface area (Å²) in [6.07, 6.45) is 2.50. The molecule has 1 aromatic rings. The maximum Gasteiger partial charge on any atom is 0.407 e. The minimum atomic E-state index is -0.924. The van der Waals surface area contributed by atoms with Crippen molar-refractivity contribution in [2.75, 3.05) is 6.54 Å². The monoisotopic (exact) mass is 305 g/mol. The van der Waals surface area contributed by atoms with E-state index < -0.39 is 17.7 Å². The maximum absolute atomic E-state index is 11.8. The average molecular weight is 305 g/mol. The van der Waals surface area contributed by atoms with Gasteiger partial charge in [-0.25, -0.2) is 9.59 Å². The molecule has 0 saturated heterocycles. The van der Waals surface area contributed by atoms with E-state index in [1.54, 1.807) is 12.1 Å². The summed E-state index contributed by atoms with van der Waals surface area (Å²) < 4.78 is 5.23. The van der Waals surface area contributed by atoms with Crippen LogP contribution in [0, 0.1) is 0 Å². The lowest BCUT2D eigenvalue weighted by molar-refractivity contribution is 0.0522. The molecule has 1 atom stereocenters. The van der Waals surface area contributed by atoms with Crippen LogP contribution in [0.15, 0.2) is 18.2 Å². The number of fused-ring (bicyclic) bond motifs is 1. The fourth-order valence-corrected chi connectivity index (χ4v) is 2.76. The number of carbonyl (C=O) groups excluding carboxylic acids is 1. The molecule has 5 nitrogen and oxygen atoms in total. The van der Waals surface area contributed by atoms with Crippen LogP contribution < -0.4 is 5.32 Å². The van der Waals surface area contributed by atoms with Crippen molar-refractivity contribution in [2.24, 2.45) is 0 Å². The number of aryl methyl sites for hydroxylation is 1. The molecular formula is C17H23NO4. The van der Waals surface area contributed by atoms with Gasteiger partial charge in [-0.2, -0.15) is 0 Å². The predicted octanol–water partition coefficient (Wildman–Crippen LogP) is 3.33. The average Bonchev–Trinajstić information content (AvgIpc) is 2.42. The number of benzene rings is 1. The summed E-state index contributed by atoms with van der Waals surface area (Å²) in [7, 11) is 0. The van der Waals surface area contributed by atoms with Crippen LogP contribution in [-0.4, -0.2) is 29.3 Å². The van der Waals surface area contributed by atoms with Crippen molar-refractivity contribution in [1.82, 2.24) is 5.32 Å². The first-order valence-corrected chi connectivity index (χ1v) is 7.59. The van der Waals surface area contributed by atoms with Crippen LogP contribution in [-0.2, 0) is 11.2 Å². The van der Waals surface area contributed by atoms with Crippen LogP contribution in [0.2, 0.25) is 0 Å². The van der Waals surface area contributed by atoms with E-state index in [1.807, 2.05) is 26.8 Å². The summed E-state index contributed by atoms with van der Waals surface area (Å²) in [4.78, 5) is 22.9. The Morgan fingerprint density at radius 3 is 2.73 bits per heavy atom. The zero-order chi connectivity index (χ0) is 16.3. The van der Waals surface area contributed by atoms with Gasteiger partial charge >= 0.3 is 12.1 Å². The normalized spacial score (nSPS) is 17.5. The molecule has 2 rings (SSSR count). The van der Waals surface area contributed by atoms with Crippen LogP contribution >= 0.6 is 0 Å². The van der Waals surface area contributed by atoms with Gasteiger partial charge in [0.25, 0.3) is 0 Å². The molecule has 0 aromatic heterocycles. The van der Waals surface area contributed by atoms with Crippen LogP contribution in [0.1, 0.15) is 61.0 Å². The molecule has 0 radical (unpaired) electrons. The van der Waals surface area contributed by atoms with Crippen molar-refractivity contribution in [3.63, 3.8) is 0 Å². The van der Waals surface area contributed by atoms with Crippen molar-refractivity contribution in [2.45, 2.75) is 51.6 Å². The molecule has 0 spiro atoms. The Bertz CT molecular complexity index is 575. The molecule has 0 unspecified atom stereocenters. The summed E-state index contributed by atoms with van der Waals surface area (Å²) in [6, 6.07) is 5.27. The smallest absolute Gasteiger partial charge is 0.407 e. The van der Waals surface area contributed by atoms with Gasteiger partial charge in [0.05, 0.1) is 5.56 Å². The van der Waals surface area contributed by atoms with E-state index in [1.165, 1.54) is 5.56 Å². The molecule has 1 aliphatic carbocycles. The van der Waals surface area contributed by atoms with E-state index in [-0.39, 0.29) is 5.92 Å². The van der Waals surface area contributed by atoms with Gasteiger partial charge in [0.1, 0.15) is 5.60 Å². The highest BCUT2D eigenvalue weighted by atomic mass is 16.6. The molecule has 0 heterocycles. The van der Waals surface area contributed by atoms with E-state index >= 15 is 0 Å². The summed E-state index contributed by atoms with van der Waals surface area (Å²) in [6.45, 7) is 5.93. The number of rotatable bonds is 3. The van der Waals surface area contributed by atoms with E-state index in [9.17, 15) is 9.59 Å². The quantitative estimate of drug-likeness (QED) is 0.898. The molecule has 0 aliphatic heterocycles. The Morgan fingerprint density at radius 2 is 2.09 bits per heavy atom. The van der Waals surface area contributed by atoms with Gasteiger partial charge in [0, 0.05) is 12.5 Å². The Balaban J connectivity index is 2.07. The molecule has 1 aromatic carbocycles. The number of hydrogen-bond donors (Lipinski definition) is 2. The Hall–Kier alpha value is -2.04. The van der Waals surface area contributed by atoms with Crippen molar-refractivity contribution < 1.29 is 19.4 Å². The van der Waals surface area contributed by atoms with Gasteiger partial charge < -0.3 is 15.2 Å². The van der Waals surface area contributed by atoms with E-state index in [0.29, 0.717) is 12.1 Å². The fourth-order valence-electron chi connectivity index (χ4n) is 2.76. The first-order chi connectivity index (χ1) is 10.3. The molecule has 0 bridgehead atoms. The number of ether oxygens (including phenoxy) is 1. The topological polar surface area (TPSA) is 75.6 Å². The van der Waals surface area contributed by atoms with Gasteiger partial charge in [-0.1, -0.05) is 6.07 Å². The molecule has 0 fully saturated rings. The predicted molar refractivity (Wildman–Crippen MR) is 83.3 cm³/mol. The van der Waals surface area contributed by atoms with Gasteiger partial charge in [-0.3, -0.25) is 0 Å². The third-order valence-electron chi connectivity index (χ3n) is 3.72. The lowest BCUT2D eigenvalue weighted by atomic mass is 9.82. The molecular weight excluding hydrogens is 282 g/mol. The minimum Gasteiger partial charge on any atom is -0.478 e. The number of nitrogens with one attached hydrogen (secondary N) is 1. The van der Waals surface area contributed by atoms with Crippen LogP contribution in [0.25, 0.3) is 0 Å². The van der Waals surface area contributed by atoms with Gasteiger partial charge in [0.2, 0.25) is 0 Å². The summed E-state index contributed by atoms with van der Waals surface area (Å²) in [5, 5.41) is 11.9. The zero-order valence-electron chi connectivity index (χ0n) is 13.3. The summed E-state index contributed by atoms with van der Waals surface area (Å²) >= 11 is 0. The number of amides is 1. The van der Waals surface area contributed by atoms with Crippen molar-refractivity contribution in [3.8, 4) is 0 Å². The number of aromatic carboxylic acids is 1. The van der Waals surface area contributed by atoms with Crippen molar-refractivity contribution in [3.05, 3.63) is 34.9 Å². The summed E-state index contributed by atoms with van der Waals surface area (Å²) in [5.41, 5.74) is 1.97. The van der Waals surface area contributed by atoms with Crippen LogP contribution in [0.4, 0.5) is 4.79 Å². The van der Waals surface area contributed by atoms with Gasteiger partial charge in [0.15, 0.2) is 0 Å². The van der Waals surface area contributed by atoms with E-state index in [2.05, 4.69) is 5.32 Å². The minimum absolute atomic E-state index is 0.135. The molecule has 0 saturated carbocycles. The van der Waals surface area contributed by atoms with E-state index in [0.717, 1.165) is 24.8 Å². The maximum atomic E-state index is 11.8. The highest BCUT2D eigenvalue weighted by Crippen LogP contribution is 2.32. The molecule has 1 amide bonds. The first-order valence-electron chi connectivity index (χ1n) is 7.59. The molecule has 1 aliphatic rings. The largest absolute Gasteiger partial charge is 0.478 e. The summed E-state index contributed by atoms with van der Waals surface area (Å²) in [5.74, 6) is -0.789. The molecule has 22 heavy (non-hydrogen) atoms. The standard InChI is InChI=1S/C17H23NO4/c1-17(2,3)22-16(21)18-10-13-6-4-5-11-7-8-12(15(19)20)9-14(11)13/h7-9,13H,4-6,10H2,1-3H3,(H,18,21)(H,19,20)/t13-/m0/s1. The second-order valence-electron chi connectivity index (χ2n) is 6.69. The number of carboxylic acids is 1. The molecule has 120 valence electrons. The Labute approximate surface area is 130 Å². The molecule has 2 N–H and O–H groups in total. The third kappa shape index (κ3) is 4.23. The van der Waals surface area contributed by atoms with Crippen LogP contribution in [0.3, 0.4) is 0 Å². The van der Waals surface area contributed by atoms with E-state index in [4.69, 9.17) is 9.84 Å². The lowest BCUT2D eigenvalue weighted by Crippen LogP contribution is -2.35. The number of carboxylic acid groups (broad SMARTS) is 1. The molecule has 5 heteroatoms. The lowest BCUT2D eigenvalue weighted by Gasteiger charge is -2.27. The Morgan fingerprint density at radius 1 is 1.36 bits per heavy atom. The fraction of sp³-hybridized carbons (Fsp3) is 0.529. The zero-order valence-corrected chi connectivity index (χ0v) is 13.3. The van der Waals surface area contributed by atoms with Crippen molar-refractivity contribution >= 4 is 12.1 Å². The number of carbonyl (C=O) groups is 2. The highest BCUT2D eigenvalue weighted by Gasteiger charge is 2.23. The number of hydrogen-bond acceptors (Lipinski definition) is 3. The first kappa shape index (κ1) is 16.3. The Kier molecular flexibility index (Phi) is 4.74.